The Balaban J connectivity index is 1.87. The summed E-state index contributed by atoms with van der Waals surface area (Å²) in [6, 6.07) is 10.1. The summed E-state index contributed by atoms with van der Waals surface area (Å²) in [5.74, 6) is 1.12. The number of hydrogen-bond acceptors (Lipinski definition) is 5. The van der Waals surface area contributed by atoms with Crippen molar-refractivity contribution < 1.29 is 22.4 Å². The average Bonchev–Trinajstić information content (AvgIpc) is 3.22. The molecule has 2 aromatic rings. The molecule has 7 heteroatoms. The van der Waals surface area contributed by atoms with E-state index in [-0.39, 0.29) is 30.0 Å². The summed E-state index contributed by atoms with van der Waals surface area (Å²) >= 11 is 0. The number of carbonyl (C=O) groups is 1. The molecule has 2 heterocycles. The van der Waals surface area contributed by atoms with E-state index in [2.05, 4.69) is 0 Å². The number of amides is 1. The zero-order chi connectivity index (χ0) is 17.9. The van der Waals surface area contributed by atoms with Crippen molar-refractivity contribution in [3.05, 3.63) is 54.0 Å². The van der Waals surface area contributed by atoms with E-state index in [4.69, 9.17) is 9.15 Å². The zero-order valence-electron chi connectivity index (χ0n) is 14.1. The van der Waals surface area contributed by atoms with Gasteiger partial charge in [-0.25, -0.2) is 8.42 Å². The highest BCUT2D eigenvalue weighted by Gasteiger charge is 2.35. The van der Waals surface area contributed by atoms with Crippen molar-refractivity contribution in [3.8, 4) is 5.75 Å². The molecule has 1 aliphatic rings. The number of rotatable bonds is 6. The number of furan rings is 1. The maximum Gasteiger partial charge on any atom is 0.254 e. The predicted octanol–water partition coefficient (Wildman–Crippen LogP) is 2.51. The Labute approximate surface area is 147 Å². The topological polar surface area (TPSA) is 76.8 Å². The Morgan fingerprint density at radius 3 is 2.80 bits per heavy atom. The molecule has 0 aliphatic carbocycles. The summed E-state index contributed by atoms with van der Waals surface area (Å²) in [5.41, 5.74) is 0.474. The predicted molar refractivity (Wildman–Crippen MR) is 93.3 cm³/mol. The van der Waals surface area contributed by atoms with Crippen molar-refractivity contribution in [2.24, 2.45) is 0 Å². The second kappa shape index (κ2) is 7.31. The van der Waals surface area contributed by atoms with Crippen LogP contribution in [0.3, 0.4) is 0 Å². The molecule has 0 N–H and O–H groups in total. The second-order valence-corrected chi connectivity index (χ2v) is 8.26. The second-order valence-electron chi connectivity index (χ2n) is 6.03. The molecular weight excluding hydrogens is 342 g/mol. The van der Waals surface area contributed by atoms with E-state index in [1.807, 2.05) is 6.92 Å². The lowest BCUT2D eigenvalue weighted by Gasteiger charge is -2.27. The van der Waals surface area contributed by atoms with Crippen molar-refractivity contribution in [3.63, 3.8) is 0 Å². The van der Waals surface area contributed by atoms with Gasteiger partial charge >= 0.3 is 0 Å². The Morgan fingerprint density at radius 2 is 2.16 bits per heavy atom. The third kappa shape index (κ3) is 4.22. The van der Waals surface area contributed by atoms with E-state index in [1.54, 1.807) is 47.6 Å². The van der Waals surface area contributed by atoms with Crippen molar-refractivity contribution in [2.45, 2.75) is 25.9 Å². The summed E-state index contributed by atoms with van der Waals surface area (Å²) in [6.07, 6.45) is 1.99. The van der Waals surface area contributed by atoms with E-state index in [1.165, 1.54) is 0 Å². The van der Waals surface area contributed by atoms with Crippen LogP contribution >= 0.6 is 0 Å². The van der Waals surface area contributed by atoms with Gasteiger partial charge in [-0.3, -0.25) is 4.79 Å². The maximum absolute atomic E-state index is 13.1. The highest BCUT2D eigenvalue weighted by Crippen LogP contribution is 2.24. The molecule has 1 aromatic carbocycles. The first kappa shape index (κ1) is 17.5. The lowest BCUT2D eigenvalue weighted by Crippen LogP contribution is -2.40. The van der Waals surface area contributed by atoms with E-state index in [0.29, 0.717) is 30.1 Å². The van der Waals surface area contributed by atoms with Gasteiger partial charge in [0.2, 0.25) is 0 Å². The molecule has 0 spiro atoms. The molecule has 0 radical (unpaired) electrons. The van der Waals surface area contributed by atoms with Gasteiger partial charge in [-0.1, -0.05) is 6.07 Å². The molecular formula is C18H21NO5S. The first-order valence-electron chi connectivity index (χ1n) is 8.25. The molecule has 6 nitrogen and oxygen atoms in total. The van der Waals surface area contributed by atoms with Gasteiger partial charge in [-0.15, -0.1) is 0 Å². The molecule has 25 heavy (non-hydrogen) atoms. The van der Waals surface area contributed by atoms with Crippen molar-refractivity contribution in [1.82, 2.24) is 4.90 Å². The molecule has 134 valence electrons. The molecule has 3 rings (SSSR count). The number of benzene rings is 1. The molecule has 0 unspecified atom stereocenters. The van der Waals surface area contributed by atoms with Gasteiger partial charge in [0.05, 0.1) is 30.9 Å². The molecule has 1 aliphatic heterocycles. The summed E-state index contributed by atoms with van der Waals surface area (Å²) in [5, 5.41) is 0. The van der Waals surface area contributed by atoms with Crippen LogP contribution in [-0.4, -0.2) is 43.4 Å². The summed E-state index contributed by atoms with van der Waals surface area (Å²) in [4.78, 5) is 14.7. The minimum Gasteiger partial charge on any atom is -0.494 e. The Morgan fingerprint density at radius 1 is 1.32 bits per heavy atom. The molecule has 1 fully saturated rings. The third-order valence-electron chi connectivity index (χ3n) is 4.21. The number of hydrogen-bond donors (Lipinski definition) is 0. The Bertz CT molecular complexity index is 829. The van der Waals surface area contributed by atoms with Crippen LogP contribution in [0, 0.1) is 0 Å². The van der Waals surface area contributed by atoms with Crippen LogP contribution in [0.4, 0.5) is 0 Å². The lowest BCUT2D eigenvalue weighted by molar-refractivity contribution is 0.0665. The van der Waals surface area contributed by atoms with Gasteiger partial charge in [-0.2, -0.15) is 0 Å². The van der Waals surface area contributed by atoms with Gasteiger partial charge in [-0.05, 0) is 43.7 Å². The van der Waals surface area contributed by atoms with Gasteiger partial charge in [0.15, 0.2) is 9.84 Å². The minimum absolute atomic E-state index is 0.00933. The fourth-order valence-corrected chi connectivity index (χ4v) is 4.74. The summed E-state index contributed by atoms with van der Waals surface area (Å²) in [7, 11) is -3.10. The number of nitrogens with zero attached hydrogens (tertiary/aromatic N) is 1. The largest absolute Gasteiger partial charge is 0.494 e. The highest BCUT2D eigenvalue weighted by atomic mass is 32.2. The van der Waals surface area contributed by atoms with E-state index in [9.17, 15) is 13.2 Å². The normalized spacial score (nSPS) is 18.8. The smallest absolute Gasteiger partial charge is 0.254 e. The highest BCUT2D eigenvalue weighted by molar-refractivity contribution is 7.91. The van der Waals surface area contributed by atoms with Crippen LogP contribution in [-0.2, 0) is 16.4 Å². The Kier molecular flexibility index (Phi) is 5.13. The van der Waals surface area contributed by atoms with E-state index in [0.717, 1.165) is 0 Å². The zero-order valence-corrected chi connectivity index (χ0v) is 14.9. The number of carbonyl (C=O) groups excluding carboxylic acids is 1. The van der Waals surface area contributed by atoms with Crippen LogP contribution in [0.25, 0.3) is 0 Å². The summed E-state index contributed by atoms with van der Waals surface area (Å²) < 4.78 is 34.5. The van der Waals surface area contributed by atoms with Crippen molar-refractivity contribution in [2.75, 3.05) is 18.1 Å². The van der Waals surface area contributed by atoms with E-state index >= 15 is 0 Å². The minimum atomic E-state index is -3.10. The number of sulfone groups is 1. The molecule has 1 aromatic heterocycles. The molecule has 0 saturated carbocycles. The van der Waals surface area contributed by atoms with Crippen LogP contribution in [0.15, 0.2) is 47.1 Å². The average molecular weight is 363 g/mol. The van der Waals surface area contributed by atoms with Crippen LogP contribution < -0.4 is 4.74 Å². The van der Waals surface area contributed by atoms with Gasteiger partial charge < -0.3 is 14.1 Å². The van der Waals surface area contributed by atoms with Gasteiger partial charge in [0, 0.05) is 11.6 Å². The molecule has 1 saturated heterocycles. The quantitative estimate of drug-likeness (QED) is 0.788. The first-order chi connectivity index (χ1) is 12.0. The fraction of sp³-hybridized carbons (Fsp3) is 0.389. The standard InChI is InChI=1S/C18H21NO5S/c1-2-23-16-6-3-5-14(11-16)18(20)19(12-17-7-4-9-24-17)15-8-10-25(21,22)13-15/h3-7,9,11,15H,2,8,10,12-13H2,1H3/t15-/m0/s1. The summed E-state index contributed by atoms with van der Waals surface area (Å²) in [6.45, 7) is 2.63. The van der Waals surface area contributed by atoms with Gasteiger partial charge in [0.1, 0.15) is 11.5 Å². The molecule has 0 bridgehead atoms. The third-order valence-corrected chi connectivity index (χ3v) is 5.96. The molecule has 1 amide bonds. The fourth-order valence-electron chi connectivity index (χ4n) is 3.01. The van der Waals surface area contributed by atoms with Crippen molar-refractivity contribution >= 4 is 15.7 Å². The van der Waals surface area contributed by atoms with Crippen LogP contribution in [0.1, 0.15) is 29.5 Å². The van der Waals surface area contributed by atoms with Crippen LogP contribution in [0.2, 0.25) is 0 Å². The Hall–Kier alpha value is -2.28. The van der Waals surface area contributed by atoms with Crippen LogP contribution in [0.5, 0.6) is 5.75 Å². The maximum atomic E-state index is 13.1. The van der Waals surface area contributed by atoms with Gasteiger partial charge in [0.25, 0.3) is 5.91 Å². The van der Waals surface area contributed by atoms with Crippen molar-refractivity contribution in [1.29, 1.82) is 0 Å². The first-order valence-corrected chi connectivity index (χ1v) is 10.1. The lowest BCUT2D eigenvalue weighted by atomic mass is 10.1. The molecule has 1 atom stereocenters. The SMILES string of the molecule is CCOc1cccc(C(=O)N(Cc2ccco2)[C@H]2CCS(=O)(=O)C2)c1. The number of ether oxygens (including phenoxy) is 1. The monoisotopic (exact) mass is 363 g/mol. The van der Waals surface area contributed by atoms with E-state index < -0.39 is 9.84 Å².